The van der Waals surface area contributed by atoms with Gasteiger partial charge in [-0.25, -0.2) is 0 Å². The maximum absolute atomic E-state index is 12.7. The van der Waals surface area contributed by atoms with E-state index in [2.05, 4.69) is 15.8 Å². The quantitative estimate of drug-likeness (QED) is 0.284. The third-order valence-electron chi connectivity index (χ3n) is 6.25. The summed E-state index contributed by atoms with van der Waals surface area (Å²) in [5, 5.41) is 20.3. The van der Waals surface area contributed by atoms with Gasteiger partial charge in [-0.05, 0) is 62.6 Å². The minimum atomic E-state index is -0.754. The summed E-state index contributed by atoms with van der Waals surface area (Å²) >= 11 is 12.8. The molecule has 0 unspecified atom stereocenters. The molecule has 3 N–H and O–H groups in total. The Morgan fingerprint density at radius 2 is 1.89 bits per heavy atom. The zero-order valence-corrected chi connectivity index (χ0v) is 22.1. The molecule has 8 nitrogen and oxygen atoms in total. The number of ether oxygens (including phenoxy) is 1. The molecule has 37 heavy (non-hydrogen) atoms. The topological polar surface area (TPSA) is 114 Å². The molecule has 196 valence electrons. The van der Waals surface area contributed by atoms with Crippen LogP contribution in [0.5, 0.6) is 5.75 Å². The van der Waals surface area contributed by atoms with E-state index in [0.29, 0.717) is 45.8 Å². The van der Waals surface area contributed by atoms with E-state index in [1.165, 1.54) is 6.07 Å². The van der Waals surface area contributed by atoms with Crippen LogP contribution in [-0.2, 0) is 11.3 Å². The van der Waals surface area contributed by atoms with Crippen LogP contribution in [0.4, 0.5) is 5.69 Å². The molecule has 10 heteroatoms. The number of rotatable bonds is 9. The van der Waals surface area contributed by atoms with Gasteiger partial charge in [-0.3, -0.25) is 9.59 Å². The fourth-order valence-electron chi connectivity index (χ4n) is 4.42. The number of aromatic nitrogens is 1. The number of amides is 1. The molecule has 1 fully saturated rings. The van der Waals surface area contributed by atoms with Gasteiger partial charge in [0.1, 0.15) is 5.75 Å². The molecule has 2 aromatic carbocycles. The number of carbonyl (C=O) groups is 2. The summed E-state index contributed by atoms with van der Waals surface area (Å²) in [6.45, 7) is 4.31. The predicted octanol–water partition coefficient (Wildman–Crippen LogP) is 6.42. The van der Waals surface area contributed by atoms with Gasteiger partial charge in [-0.15, -0.1) is 0 Å². The minimum Gasteiger partial charge on any atom is -0.489 e. The third-order valence-corrected chi connectivity index (χ3v) is 6.85. The van der Waals surface area contributed by atoms with E-state index < -0.39 is 11.9 Å². The number of carboxylic acid groups (broad SMARTS) is 1. The lowest BCUT2D eigenvalue weighted by atomic mass is 9.84. The second-order valence-corrected chi connectivity index (χ2v) is 10.2. The Morgan fingerprint density at radius 3 is 2.59 bits per heavy atom. The monoisotopic (exact) mass is 545 g/mol. The van der Waals surface area contributed by atoms with Crippen LogP contribution in [0.2, 0.25) is 10.0 Å². The summed E-state index contributed by atoms with van der Waals surface area (Å²) in [4.78, 5) is 24.2. The summed E-state index contributed by atoms with van der Waals surface area (Å²) in [6.07, 6.45) is 3.48. The Balaban J connectivity index is 1.39. The van der Waals surface area contributed by atoms with Crippen molar-refractivity contribution in [2.45, 2.75) is 58.2 Å². The number of anilines is 1. The molecule has 1 aromatic heterocycles. The highest BCUT2D eigenvalue weighted by atomic mass is 35.5. The number of hydrogen-bond acceptors (Lipinski definition) is 6. The first-order valence-electron chi connectivity index (χ1n) is 12.2. The van der Waals surface area contributed by atoms with Crippen LogP contribution in [0.15, 0.2) is 47.0 Å². The first kappa shape index (κ1) is 27.0. The van der Waals surface area contributed by atoms with Gasteiger partial charge in [0.25, 0.3) is 5.91 Å². The van der Waals surface area contributed by atoms with Crippen molar-refractivity contribution in [1.82, 2.24) is 10.5 Å². The van der Waals surface area contributed by atoms with Crippen LogP contribution in [0.25, 0.3) is 11.3 Å². The number of benzene rings is 2. The molecule has 3 aromatic rings. The van der Waals surface area contributed by atoms with Crippen molar-refractivity contribution < 1.29 is 24.0 Å². The molecule has 0 spiro atoms. The fraction of sp³-hybridized carbons (Fsp3) is 0.370. The molecule has 0 radical (unpaired) electrons. The van der Waals surface area contributed by atoms with Gasteiger partial charge < -0.3 is 25.0 Å². The molecule has 1 amide bonds. The zero-order valence-electron chi connectivity index (χ0n) is 20.6. The van der Waals surface area contributed by atoms with Gasteiger partial charge in [0.2, 0.25) is 0 Å². The van der Waals surface area contributed by atoms with Crippen LogP contribution < -0.4 is 15.4 Å². The maximum atomic E-state index is 12.7. The summed E-state index contributed by atoms with van der Waals surface area (Å²) in [7, 11) is 0. The van der Waals surface area contributed by atoms with E-state index in [0.717, 1.165) is 24.8 Å². The normalized spacial score (nSPS) is 17.5. The molecule has 1 heterocycles. The molecule has 1 aliphatic carbocycles. The van der Waals surface area contributed by atoms with Crippen LogP contribution in [0.3, 0.4) is 0 Å². The Bertz CT molecular complexity index is 1280. The summed E-state index contributed by atoms with van der Waals surface area (Å²) in [5.41, 5.74) is 2.10. The van der Waals surface area contributed by atoms with Crippen LogP contribution >= 0.6 is 23.2 Å². The third kappa shape index (κ3) is 6.83. The summed E-state index contributed by atoms with van der Waals surface area (Å²) < 4.78 is 11.0. The first-order chi connectivity index (χ1) is 17.7. The Labute approximate surface area is 225 Å². The van der Waals surface area contributed by atoms with Crippen molar-refractivity contribution in [3.63, 3.8) is 0 Å². The van der Waals surface area contributed by atoms with Gasteiger partial charge in [0.05, 0.1) is 22.1 Å². The van der Waals surface area contributed by atoms with Crippen LogP contribution in [0, 0.1) is 5.92 Å². The van der Waals surface area contributed by atoms with Gasteiger partial charge in [-0.2, -0.15) is 0 Å². The highest BCUT2D eigenvalue weighted by Gasteiger charge is 2.30. The number of halogens is 2. The number of nitrogens with one attached hydrogen (secondary N) is 2. The molecule has 0 bridgehead atoms. The van der Waals surface area contributed by atoms with Crippen LogP contribution in [-0.4, -0.2) is 34.3 Å². The van der Waals surface area contributed by atoms with Crippen molar-refractivity contribution in [2.75, 3.05) is 5.32 Å². The van der Waals surface area contributed by atoms with E-state index >= 15 is 0 Å². The number of carbonyl (C=O) groups excluding carboxylic acids is 1. The second kappa shape index (κ2) is 12.0. The minimum absolute atomic E-state index is 0.0233. The molecule has 4 rings (SSSR count). The lowest BCUT2D eigenvalue weighted by molar-refractivity contribution is -0.143. The van der Waals surface area contributed by atoms with Gasteiger partial charge in [0, 0.05) is 29.9 Å². The average Bonchev–Trinajstić information content (AvgIpc) is 3.34. The largest absolute Gasteiger partial charge is 0.489 e. The molecular formula is C27H29Cl2N3O5. The van der Waals surface area contributed by atoms with Gasteiger partial charge in [-0.1, -0.05) is 47.3 Å². The molecule has 1 aliphatic rings. The smallest absolute Gasteiger partial charge is 0.308 e. The SMILES string of the molecule is CC(C)Oc1ccc(NC(=O)c2cc(-c3ccc(CN[C@H]4CCCC[C@@H]4C(=O)O)cc3Cl)on2)cc1Cl. The van der Waals surface area contributed by atoms with Crippen molar-refractivity contribution in [2.24, 2.45) is 5.92 Å². The molecular weight excluding hydrogens is 517 g/mol. The molecule has 1 saturated carbocycles. The zero-order chi connectivity index (χ0) is 26.5. The Morgan fingerprint density at radius 1 is 1.11 bits per heavy atom. The van der Waals surface area contributed by atoms with E-state index in [4.69, 9.17) is 32.5 Å². The van der Waals surface area contributed by atoms with Crippen LogP contribution in [0.1, 0.15) is 55.6 Å². The lowest BCUT2D eigenvalue weighted by Gasteiger charge is -2.29. The molecule has 0 saturated heterocycles. The van der Waals surface area contributed by atoms with E-state index in [9.17, 15) is 14.7 Å². The van der Waals surface area contributed by atoms with Crippen molar-refractivity contribution in [3.05, 3.63) is 63.8 Å². The standard InChI is InChI=1S/C27H29Cl2N3O5/c1-15(2)36-24-10-8-17(12-21(24)29)31-26(33)23-13-25(37-32-23)18-9-7-16(11-20(18)28)14-30-22-6-4-3-5-19(22)27(34)35/h7-13,15,19,22,30H,3-6,14H2,1-2H3,(H,31,33)(H,34,35)/t19-,22-/m0/s1. The lowest BCUT2D eigenvalue weighted by Crippen LogP contribution is -2.41. The average molecular weight is 546 g/mol. The summed E-state index contributed by atoms with van der Waals surface area (Å²) in [6, 6.07) is 11.9. The Kier molecular flexibility index (Phi) is 8.74. The number of nitrogens with zero attached hydrogens (tertiary/aromatic N) is 1. The highest BCUT2D eigenvalue weighted by molar-refractivity contribution is 6.33. The number of aliphatic carboxylic acids is 1. The number of hydrogen-bond donors (Lipinski definition) is 3. The molecule has 2 atom stereocenters. The van der Waals surface area contributed by atoms with E-state index in [1.807, 2.05) is 19.9 Å². The Hall–Kier alpha value is -3.07. The van der Waals surface area contributed by atoms with Gasteiger partial charge >= 0.3 is 5.97 Å². The van der Waals surface area contributed by atoms with Crippen molar-refractivity contribution >= 4 is 40.8 Å². The van der Waals surface area contributed by atoms with E-state index in [1.54, 1.807) is 30.3 Å². The summed E-state index contributed by atoms with van der Waals surface area (Å²) in [5.74, 6) is -0.694. The predicted molar refractivity (Wildman–Crippen MR) is 142 cm³/mol. The fourth-order valence-corrected chi connectivity index (χ4v) is 4.94. The first-order valence-corrected chi connectivity index (χ1v) is 13.0. The van der Waals surface area contributed by atoms with Crippen molar-refractivity contribution in [1.29, 1.82) is 0 Å². The second-order valence-electron chi connectivity index (χ2n) is 9.37. The highest BCUT2D eigenvalue weighted by Crippen LogP contribution is 2.31. The maximum Gasteiger partial charge on any atom is 0.308 e. The van der Waals surface area contributed by atoms with Crippen molar-refractivity contribution in [3.8, 4) is 17.1 Å². The van der Waals surface area contributed by atoms with E-state index in [-0.39, 0.29) is 23.8 Å². The molecule has 0 aliphatic heterocycles. The van der Waals surface area contributed by atoms with Gasteiger partial charge in [0.15, 0.2) is 11.5 Å². The number of carboxylic acids is 1.